The monoisotopic (exact) mass is 258 g/mol. The van der Waals surface area contributed by atoms with Crippen molar-refractivity contribution in [3.05, 3.63) is 33.9 Å². The van der Waals surface area contributed by atoms with Crippen LogP contribution in [0.15, 0.2) is 23.1 Å². The second-order valence-corrected chi connectivity index (χ2v) is 5.34. The Morgan fingerprint density at radius 3 is 2.53 bits per heavy atom. The molecule has 0 aliphatic heterocycles. The molecule has 0 heterocycles. The standard InChI is InChI=1S/C10H14N2O4S/c1-3-6-11-17(15,16)10-5-4-9(12(13)14)7-8(10)2/h4-5,7,11H,3,6H2,1-2H3. The highest BCUT2D eigenvalue weighted by Gasteiger charge is 2.18. The molecule has 0 fully saturated rings. The number of benzene rings is 1. The average Bonchev–Trinajstić information content (AvgIpc) is 2.25. The van der Waals surface area contributed by atoms with Gasteiger partial charge in [-0.1, -0.05) is 6.92 Å². The molecule has 0 saturated carbocycles. The van der Waals surface area contributed by atoms with Crippen LogP contribution in [0, 0.1) is 17.0 Å². The first kappa shape index (κ1) is 13.6. The van der Waals surface area contributed by atoms with Gasteiger partial charge >= 0.3 is 0 Å². The Hall–Kier alpha value is -1.47. The van der Waals surface area contributed by atoms with Crippen LogP contribution in [0.25, 0.3) is 0 Å². The summed E-state index contributed by atoms with van der Waals surface area (Å²) < 4.78 is 26.0. The summed E-state index contributed by atoms with van der Waals surface area (Å²) in [6.07, 6.45) is 0.686. The van der Waals surface area contributed by atoms with E-state index in [-0.39, 0.29) is 10.6 Å². The summed E-state index contributed by atoms with van der Waals surface area (Å²) in [6.45, 7) is 3.73. The lowest BCUT2D eigenvalue weighted by Crippen LogP contribution is -2.25. The maximum absolute atomic E-state index is 11.8. The summed E-state index contributed by atoms with van der Waals surface area (Å²) in [5.74, 6) is 0. The molecule has 0 aromatic heterocycles. The number of nitrogens with one attached hydrogen (secondary N) is 1. The van der Waals surface area contributed by atoms with Gasteiger partial charge in [0, 0.05) is 18.7 Å². The Bertz CT molecular complexity index is 525. The number of sulfonamides is 1. The molecule has 1 N–H and O–H groups in total. The average molecular weight is 258 g/mol. The van der Waals surface area contributed by atoms with Crippen molar-refractivity contribution in [1.82, 2.24) is 4.72 Å². The first-order valence-corrected chi connectivity index (χ1v) is 6.61. The van der Waals surface area contributed by atoms with Crippen molar-refractivity contribution < 1.29 is 13.3 Å². The Morgan fingerprint density at radius 2 is 2.06 bits per heavy atom. The minimum absolute atomic E-state index is 0.0801. The largest absolute Gasteiger partial charge is 0.269 e. The molecule has 0 atom stereocenters. The van der Waals surface area contributed by atoms with Gasteiger partial charge in [-0.05, 0) is 25.0 Å². The maximum atomic E-state index is 11.8. The lowest BCUT2D eigenvalue weighted by atomic mass is 10.2. The van der Waals surface area contributed by atoms with Crippen molar-refractivity contribution >= 4 is 15.7 Å². The maximum Gasteiger partial charge on any atom is 0.269 e. The molecule has 17 heavy (non-hydrogen) atoms. The van der Waals surface area contributed by atoms with Gasteiger partial charge in [-0.25, -0.2) is 13.1 Å². The molecule has 1 rings (SSSR count). The first-order valence-electron chi connectivity index (χ1n) is 5.13. The van der Waals surface area contributed by atoms with Gasteiger partial charge in [0.1, 0.15) is 0 Å². The van der Waals surface area contributed by atoms with Crippen molar-refractivity contribution in [2.45, 2.75) is 25.2 Å². The van der Waals surface area contributed by atoms with E-state index < -0.39 is 14.9 Å². The zero-order valence-electron chi connectivity index (χ0n) is 9.63. The van der Waals surface area contributed by atoms with Gasteiger partial charge in [-0.3, -0.25) is 10.1 Å². The number of non-ortho nitro benzene ring substituents is 1. The summed E-state index contributed by atoms with van der Waals surface area (Å²) in [6, 6.07) is 3.69. The summed E-state index contributed by atoms with van der Waals surface area (Å²) >= 11 is 0. The van der Waals surface area contributed by atoms with E-state index >= 15 is 0 Å². The second-order valence-electron chi connectivity index (χ2n) is 3.60. The molecular formula is C10H14N2O4S. The fraction of sp³-hybridized carbons (Fsp3) is 0.400. The Kier molecular flexibility index (Phi) is 4.19. The Labute approximate surface area is 99.9 Å². The van der Waals surface area contributed by atoms with Crippen LogP contribution in [0.4, 0.5) is 5.69 Å². The quantitative estimate of drug-likeness (QED) is 0.641. The number of nitrogens with zero attached hydrogens (tertiary/aromatic N) is 1. The van der Waals surface area contributed by atoms with Crippen molar-refractivity contribution in [3.63, 3.8) is 0 Å². The number of nitro benzene ring substituents is 1. The molecule has 0 amide bonds. The highest BCUT2D eigenvalue weighted by molar-refractivity contribution is 7.89. The molecule has 0 aliphatic carbocycles. The van der Waals surface area contributed by atoms with Gasteiger partial charge in [-0.15, -0.1) is 0 Å². The van der Waals surface area contributed by atoms with Crippen LogP contribution in [0.3, 0.4) is 0 Å². The molecule has 0 spiro atoms. The van der Waals surface area contributed by atoms with E-state index in [1.54, 1.807) is 0 Å². The number of aryl methyl sites for hydroxylation is 1. The Morgan fingerprint density at radius 1 is 1.41 bits per heavy atom. The smallest absolute Gasteiger partial charge is 0.258 e. The molecular weight excluding hydrogens is 244 g/mol. The molecule has 1 aromatic rings. The molecule has 6 nitrogen and oxygen atoms in total. The molecule has 0 bridgehead atoms. The molecule has 7 heteroatoms. The fourth-order valence-corrected chi connectivity index (χ4v) is 2.72. The van der Waals surface area contributed by atoms with E-state index in [1.807, 2.05) is 6.92 Å². The van der Waals surface area contributed by atoms with Crippen molar-refractivity contribution in [3.8, 4) is 0 Å². The van der Waals surface area contributed by atoms with Crippen LogP contribution in [-0.2, 0) is 10.0 Å². The van der Waals surface area contributed by atoms with E-state index in [4.69, 9.17) is 0 Å². The van der Waals surface area contributed by atoms with E-state index in [2.05, 4.69) is 4.72 Å². The molecule has 0 aliphatic rings. The molecule has 94 valence electrons. The zero-order chi connectivity index (χ0) is 13.1. The van der Waals surface area contributed by atoms with Crippen LogP contribution < -0.4 is 4.72 Å². The SMILES string of the molecule is CCCNS(=O)(=O)c1ccc([N+](=O)[O-])cc1C. The minimum atomic E-state index is -3.57. The van der Waals surface area contributed by atoms with E-state index in [0.717, 1.165) is 0 Å². The summed E-state index contributed by atoms with van der Waals surface area (Å²) in [5.41, 5.74) is 0.250. The lowest BCUT2D eigenvalue weighted by molar-refractivity contribution is -0.385. The molecule has 0 unspecified atom stereocenters. The minimum Gasteiger partial charge on any atom is -0.258 e. The van der Waals surface area contributed by atoms with Crippen LogP contribution in [0.5, 0.6) is 0 Å². The predicted octanol–water partition coefficient (Wildman–Crippen LogP) is 1.59. The number of nitro groups is 1. The fourth-order valence-electron chi connectivity index (χ4n) is 1.36. The number of rotatable bonds is 5. The second kappa shape index (κ2) is 5.24. The van der Waals surface area contributed by atoms with Crippen LogP contribution in [0.1, 0.15) is 18.9 Å². The van der Waals surface area contributed by atoms with Gasteiger partial charge < -0.3 is 0 Å². The molecule has 0 saturated heterocycles. The molecule has 1 aromatic carbocycles. The molecule has 0 radical (unpaired) electrons. The third-order valence-corrected chi connectivity index (χ3v) is 3.82. The highest BCUT2D eigenvalue weighted by Crippen LogP contribution is 2.20. The van der Waals surface area contributed by atoms with Gasteiger partial charge in [0.15, 0.2) is 0 Å². The van der Waals surface area contributed by atoms with E-state index in [0.29, 0.717) is 18.5 Å². The van der Waals surface area contributed by atoms with Crippen molar-refractivity contribution in [2.75, 3.05) is 6.54 Å². The number of hydrogen-bond donors (Lipinski definition) is 1. The van der Waals surface area contributed by atoms with Gasteiger partial charge in [0.05, 0.1) is 9.82 Å². The Balaban J connectivity index is 3.12. The zero-order valence-corrected chi connectivity index (χ0v) is 10.5. The van der Waals surface area contributed by atoms with Crippen LogP contribution >= 0.6 is 0 Å². The van der Waals surface area contributed by atoms with Gasteiger partial charge in [0.25, 0.3) is 5.69 Å². The van der Waals surface area contributed by atoms with Gasteiger partial charge in [-0.2, -0.15) is 0 Å². The summed E-state index contributed by atoms with van der Waals surface area (Å²) in [4.78, 5) is 10.1. The number of hydrogen-bond acceptors (Lipinski definition) is 4. The summed E-state index contributed by atoms with van der Waals surface area (Å²) in [7, 11) is -3.57. The van der Waals surface area contributed by atoms with E-state index in [1.165, 1.54) is 25.1 Å². The van der Waals surface area contributed by atoms with Crippen LogP contribution in [-0.4, -0.2) is 19.9 Å². The third kappa shape index (κ3) is 3.24. The van der Waals surface area contributed by atoms with Crippen molar-refractivity contribution in [2.24, 2.45) is 0 Å². The van der Waals surface area contributed by atoms with Crippen LogP contribution in [0.2, 0.25) is 0 Å². The first-order chi connectivity index (χ1) is 7.88. The summed E-state index contributed by atoms with van der Waals surface area (Å²) in [5, 5.41) is 10.5. The van der Waals surface area contributed by atoms with Gasteiger partial charge in [0.2, 0.25) is 10.0 Å². The highest BCUT2D eigenvalue weighted by atomic mass is 32.2. The predicted molar refractivity (Wildman–Crippen MR) is 63.3 cm³/mol. The topological polar surface area (TPSA) is 89.3 Å². The van der Waals surface area contributed by atoms with Crippen molar-refractivity contribution in [1.29, 1.82) is 0 Å². The van der Waals surface area contributed by atoms with E-state index in [9.17, 15) is 18.5 Å². The third-order valence-electron chi connectivity index (χ3n) is 2.20. The normalized spacial score (nSPS) is 11.4. The lowest BCUT2D eigenvalue weighted by Gasteiger charge is -2.08.